The van der Waals surface area contributed by atoms with Crippen molar-refractivity contribution in [3.8, 4) is 0 Å². The van der Waals surface area contributed by atoms with Crippen LogP contribution in [0.4, 0.5) is 0 Å². The van der Waals surface area contributed by atoms with E-state index in [0.29, 0.717) is 31.5 Å². The van der Waals surface area contributed by atoms with Gasteiger partial charge in [-0.2, -0.15) is 0 Å². The predicted octanol–water partition coefficient (Wildman–Crippen LogP) is 0.850. The summed E-state index contributed by atoms with van der Waals surface area (Å²) in [5, 5.41) is 0. The van der Waals surface area contributed by atoms with Gasteiger partial charge in [-0.1, -0.05) is 13.0 Å². The van der Waals surface area contributed by atoms with E-state index in [4.69, 9.17) is 0 Å². The van der Waals surface area contributed by atoms with Crippen LogP contribution in [0.25, 0.3) is 0 Å². The Bertz CT molecular complexity index is 444. The van der Waals surface area contributed by atoms with Gasteiger partial charge in [-0.3, -0.25) is 4.90 Å². The Balaban J connectivity index is 1.91. The van der Waals surface area contributed by atoms with Crippen molar-refractivity contribution >= 4 is 10.0 Å². The molecule has 2 heterocycles. The number of piperidine rings is 1. The van der Waals surface area contributed by atoms with E-state index in [2.05, 4.69) is 30.4 Å². The van der Waals surface area contributed by atoms with E-state index in [1.54, 1.807) is 10.4 Å². The van der Waals surface area contributed by atoms with Crippen molar-refractivity contribution in [1.82, 2.24) is 14.1 Å². The third kappa shape index (κ3) is 4.28. The molecule has 0 bridgehead atoms. The average molecular weight is 315 g/mol. The van der Waals surface area contributed by atoms with Crippen LogP contribution in [0.3, 0.4) is 0 Å². The van der Waals surface area contributed by atoms with E-state index >= 15 is 0 Å². The molecule has 0 aromatic rings. The number of allylic oxidation sites excluding steroid dienone is 1. The predicted molar refractivity (Wildman–Crippen MR) is 86.8 cm³/mol. The molecule has 2 aliphatic heterocycles. The van der Waals surface area contributed by atoms with Crippen molar-refractivity contribution in [2.24, 2.45) is 5.92 Å². The Morgan fingerprint density at radius 2 is 1.86 bits per heavy atom. The van der Waals surface area contributed by atoms with Crippen LogP contribution < -0.4 is 0 Å². The highest BCUT2D eigenvalue weighted by atomic mass is 32.2. The van der Waals surface area contributed by atoms with Gasteiger partial charge < -0.3 is 4.90 Å². The number of sulfonamides is 1. The molecule has 21 heavy (non-hydrogen) atoms. The molecule has 0 saturated carbocycles. The van der Waals surface area contributed by atoms with Crippen LogP contribution >= 0.6 is 0 Å². The third-order valence-corrected chi connectivity index (χ3v) is 6.67. The SMILES string of the molecule is C=CCCS(=O)(=O)N1CC[C@H](N2CCN(C)CC2)[C@@H](C)C1. The van der Waals surface area contributed by atoms with Crippen LogP contribution in [0.1, 0.15) is 19.8 Å². The molecule has 2 rings (SSSR count). The first-order chi connectivity index (χ1) is 9.94. The molecular weight excluding hydrogens is 286 g/mol. The molecule has 0 spiro atoms. The van der Waals surface area contributed by atoms with Crippen molar-refractivity contribution in [3.63, 3.8) is 0 Å². The topological polar surface area (TPSA) is 43.9 Å². The summed E-state index contributed by atoms with van der Waals surface area (Å²) in [5.74, 6) is 0.600. The van der Waals surface area contributed by atoms with Gasteiger partial charge in [-0.25, -0.2) is 12.7 Å². The van der Waals surface area contributed by atoms with Gasteiger partial charge in [-0.15, -0.1) is 6.58 Å². The lowest BCUT2D eigenvalue weighted by molar-refractivity contribution is 0.0538. The second kappa shape index (κ2) is 7.22. The Kier molecular flexibility index (Phi) is 5.82. The van der Waals surface area contributed by atoms with E-state index in [9.17, 15) is 8.42 Å². The van der Waals surface area contributed by atoms with Gasteiger partial charge in [0.25, 0.3) is 0 Å². The molecule has 2 fully saturated rings. The van der Waals surface area contributed by atoms with Crippen LogP contribution in [0.5, 0.6) is 0 Å². The number of hydrogen-bond acceptors (Lipinski definition) is 4. The fraction of sp³-hybridized carbons (Fsp3) is 0.867. The molecule has 0 amide bonds. The molecule has 2 aliphatic rings. The number of hydrogen-bond donors (Lipinski definition) is 0. The fourth-order valence-corrected chi connectivity index (χ4v) is 4.97. The quantitative estimate of drug-likeness (QED) is 0.706. The molecule has 0 N–H and O–H groups in total. The summed E-state index contributed by atoms with van der Waals surface area (Å²) in [7, 11) is -0.944. The molecule has 5 nitrogen and oxygen atoms in total. The fourth-order valence-electron chi connectivity index (χ4n) is 3.40. The van der Waals surface area contributed by atoms with Gasteiger partial charge in [0, 0.05) is 45.3 Å². The normalized spacial score (nSPS) is 30.4. The van der Waals surface area contributed by atoms with Crippen LogP contribution in [-0.4, -0.2) is 80.6 Å². The monoisotopic (exact) mass is 315 g/mol. The standard InChI is InChI=1S/C15H29N3O2S/c1-4-5-12-21(19,20)18-7-6-15(14(2)13-18)17-10-8-16(3)9-11-17/h4,14-15H,1,5-13H2,2-3H3/t14-,15-/m0/s1. The summed E-state index contributed by atoms with van der Waals surface area (Å²) < 4.78 is 26.2. The zero-order chi connectivity index (χ0) is 15.5. The summed E-state index contributed by atoms with van der Waals surface area (Å²) in [6.07, 6.45) is 3.17. The van der Waals surface area contributed by atoms with Gasteiger partial charge in [0.05, 0.1) is 5.75 Å². The van der Waals surface area contributed by atoms with E-state index in [0.717, 1.165) is 32.6 Å². The highest BCUT2D eigenvalue weighted by molar-refractivity contribution is 7.89. The minimum absolute atomic E-state index is 0.197. The highest BCUT2D eigenvalue weighted by Crippen LogP contribution is 2.25. The molecule has 122 valence electrons. The molecule has 2 atom stereocenters. The molecular formula is C15H29N3O2S. The third-order valence-electron chi connectivity index (χ3n) is 4.80. The van der Waals surface area contributed by atoms with Crippen molar-refractivity contribution in [2.75, 3.05) is 52.1 Å². The lowest BCUT2D eigenvalue weighted by Gasteiger charge is -2.45. The average Bonchev–Trinajstić information content (AvgIpc) is 2.46. The van der Waals surface area contributed by atoms with Crippen LogP contribution in [-0.2, 0) is 10.0 Å². The van der Waals surface area contributed by atoms with Gasteiger partial charge in [0.1, 0.15) is 0 Å². The number of nitrogens with zero attached hydrogens (tertiary/aromatic N) is 3. The number of rotatable bonds is 5. The van der Waals surface area contributed by atoms with Gasteiger partial charge in [-0.05, 0) is 25.8 Å². The van der Waals surface area contributed by atoms with Crippen LogP contribution in [0.15, 0.2) is 12.7 Å². The van der Waals surface area contributed by atoms with Gasteiger partial charge in [0.2, 0.25) is 10.0 Å². The van der Waals surface area contributed by atoms with Crippen LogP contribution in [0.2, 0.25) is 0 Å². The second-order valence-electron chi connectivity index (χ2n) is 6.42. The first kappa shape index (κ1) is 16.9. The van der Waals surface area contributed by atoms with Crippen molar-refractivity contribution in [3.05, 3.63) is 12.7 Å². The first-order valence-electron chi connectivity index (χ1n) is 7.95. The lowest BCUT2D eigenvalue weighted by atomic mass is 9.93. The minimum Gasteiger partial charge on any atom is -0.304 e. The Morgan fingerprint density at radius 3 is 2.43 bits per heavy atom. The maximum absolute atomic E-state index is 12.3. The maximum Gasteiger partial charge on any atom is 0.214 e. The summed E-state index contributed by atoms with van der Waals surface area (Å²) in [6.45, 7) is 11.6. The largest absolute Gasteiger partial charge is 0.304 e. The van der Waals surface area contributed by atoms with E-state index in [1.807, 2.05) is 0 Å². The summed E-state index contributed by atoms with van der Waals surface area (Å²) >= 11 is 0. The zero-order valence-corrected chi connectivity index (χ0v) is 14.2. The van der Waals surface area contributed by atoms with Gasteiger partial charge >= 0.3 is 0 Å². The molecule has 2 saturated heterocycles. The summed E-state index contributed by atoms with van der Waals surface area (Å²) in [6, 6.07) is 0.532. The molecule has 0 radical (unpaired) electrons. The summed E-state index contributed by atoms with van der Waals surface area (Å²) in [5.41, 5.74) is 0. The molecule has 0 unspecified atom stereocenters. The Morgan fingerprint density at radius 1 is 1.19 bits per heavy atom. The molecule has 6 heteroatoms. The highest BCUT2D eigenvalue weighted by Gasteiger charge is 2.35. The van der Waals surface area contributed by atoms with Gasteiger partial charge in [0.15, 0.2) is 0 Å². The van der Waals surface area contributed by atoms with E-state index in [1.165, 1.54) is 0 Å². The molecule has 0 aromatic carbocycles. The van der Waals surface area contributed by atoms with Crippen molar-refractivity contribution in [1.29, 1.82) is 0 Å². The van der Waals surface area contributed by atoms with Crippen molar-refractivity contribution < 1.29 is 8.42 Å². The summed E-state index contributed by atoms with van der Waals surface area (Å²) in [4.78, 5) is 4.91. The number of likely N-dealkylation sites (N-methyl/N-ethyl adjacent to an activating group) is 1. The lowest BCUT2D eigenvalue weighted by Crippen LogP contribution is -2.56. The van der Waals surface area contributed by atoms with Crippen LogP contribution in [0, 0.1) is 5.92 Å². The maximum atomic E-state index is 12.3. The molecule has 0 aliphatic carbocycles. The minimum atomic E-state index is -3.11. The second-order valence-corrected chi connectivity index (χ2v) is 8.51. The van der Waals surface area contributed by atoms with E-state index in [-0.39, 0.29) is 5.75 Å². The van der Waals surface area contributed by atoms with E-state index < -0.39 is 10.0 Å². The number of piperazine rings is 1. The van der Waals surface area contributed by atoms with Crippen molar-refractivity contribution in [2.45, 2.75) is 25.8 Å². The Hall–Kier alpha value is -0.430. The smallest absolute Gasteiger partial charge is 0.214 e. The zero-order valence-electron chi connectivity index (χ0n) is 13.4. The first-order valence-corrected chi connectivity index (χ1v) is 9.56. The molecule has 0 aromatic heterocycles. The Labute approximate surface area is 129 Å².